The van der Waals surface area contributed by atoms with Gasteiger partial charge in [-0.2, -0.15) is 36.4 Å². The summed E-state index contributed by atoms with van der Waals surface area (Å²) in [5, 5.41) is 10.7. The van der Waals surface area contributed by atoms with Crippen molar-refractivity contribution in [2.75, 3.05) is 13.2 Å². The molecule has 0 spiro atoms. The number of hydrogen-bond acceptors (Lipinski definition) is 8. The Morgan fingerprint density at radius 3 is 1.01 bits per heavy atom. The van der Waals surface area contributed by atoms with E-state index in [9.17, 15) is 33.6 Å². The zero-order chi connectivity index (χ0) is 57.4. The van der Waals surface area contributed by atoms with Crippen LogP contribution in [-0.4, -0.2) is 64.1 Å². The van der Waals surface area contributed by atoms with E-state index in [1.54, 1.807) is 84.9 Å². The molecule has 1 saturated carbocycles. The fraction of sp³-hybridized carbons (Fsp3) is 0.413. The van der Waals surface area contributed by atoms with Crippen LogP contribution in [-0.2, 0) is 4.79 Å². The minimum absolute atomic E-state index is 0. The predicted octanol–water partition coefficient (Wildman–Crippen LogP) is 13.2. The first-order valence-electron chi connectivity index (χ1n) is 26.8. The SMILES string of the molecule is CC.CC.CC.CC.CC.CC.CC.CC.CC.O=C(CCN1C(=O)c2ccccc2C1=O)c1ccccc1.O=C(CCO)c1ccccc1.O=C1CCCC1.O=C1NC(=O)c2ccccc21.[Li+].[c-]1ccccc1. The molecule has 2 aliphatic heterocycles. The van der Waals surface area contributed by atoms with Gasteiger partial charge in [-0.05, 0) is 37.1 Å². The smallest absolute Gasteiger partial charge is 0.396 e. The minimum Gasteiger partial charge on any atom is -0.396 e. The van der Waals surface area contributed by atoms with Crippen LogP contribution in [0.4, 0.5) is 0 Å². The van der Waals surface area contributed by atoms with Gasteiger partial charge in [-0.15, -0.1) is 0 Å². The zero-order valence-corrected chi connectivity index (χ0v) is 49.2. The van der Waals surface area contributed by atoms with E-state index in [-0.39, 0.29) is 80.0 Å². The number of nitrogens with zero attached hydrogens (tertiary/aromatic N) is 1. The van der Waals surface area contributed by atoms with E-state index in [4.69, 9.17) is 5.11 Å². The maximum atomic E-state index is 12.1. The number of benzene rings is 5. The van der Waals surface area contributed by atoms with Crippen molar-refractivity contribution in [3.63, 3.8) is 0 Å². The monoisotopic (exact) mass is 1010 g/mol. The van der Waals surface area contributed by atoms with Crippen LogP contribution in [0.1, 0.15) is 225 Å². The second-order valence-corrected chi connectivity index (χ2v) is 12.3. The molecule has 2 heterocycles. The van der Waals surface area contributed by atoms with E-state index in [0.29, 0.717) is 39.2 Å². The standard InChI is InChI=1S/C17H13NO3.C9H10O2.C8H5NO2.C6H5.C5H8O.9C2H6.Li/c19-15(12-6-2-1-3-7-12)10-11-18-16(20)13-8-4-5-9-14(13)17(18)21;10-7-6-9(11)8-4-2-1-3-5-8;10-7-5-3-1-2-4-6(5)8(11)9-7;1-2-4-6-5-3-1;6-5-3-1-2-4-5;9*1-2;/h1-9H,10-11H2;1-5,10H,6-7H2;1-4H,(H,9,10,11);1-5H;1-4H2;9*1-2H3;/q;;;-1;;;;;;;;;;;+1. The van der Waals surface area contributed by atoms with Crippen LogP contribution in [0, 0.1) is 6.07 Å². The third-order valence-electron chi connectivity index (χ3n) is 8.38. The molecule has 0 saturated heterocycles. The Bertz CT molecular complexity index is 1990. The van der Waals surface area contributed by atoms with Crippen LogP contribution in [0.25, 0.3) is 0 Å². The normalized spacial score (nSPS) is 10.6. The number of aliphatic hydroxyl groups is 1. The molecule has 0 atom stereocenters. The van der Waals surface area contributed by atoms with Crippen molar-refractivity contribution >= 4 is 41.0 Å². The first-order chi connectivity index (χ1) is 35.7. The quantitative estimate of drug-likeness (QED) is 0.0707. The number of carbonyl (C=O) groups is 7. The molecular formula is C63H95LiN2O8. The van der Waals surface area contributed by atoms with Gasteiger partial charge in [-0.25, -0.2) is 0 Å². The van der Waals surface area contributed by atoms with Crippen molar-refractivity contribution in [3.05, 3.63) is 179 Å². The molecule has 1 aliphatic carbocycles. The predicted molar refractivity (Wildman–Crippen MR) is 309 cm³/mol. The Hall–Kier alpha value is -6.05. The summed E-state index contributed by atoms with van der Waals surface area (Å²) in [5.74, 6) is -0.876. The summed E-state index contributed by atoms with van der Waals surface area (Å²) in [7, 11) is 0. The first-order valence-corrected chi connectivity index (χ1v) is 26.8. The number of nitrogens with one attached hydrogen (secondary N) is 1. The number of fused-ring (bicyclic) bond motifs is 2. The maximum absolute atomic E-state index is 12.1. The zero-order valence-electron chi connectivity index (χ0n) is 49.2. The molecule has 2 N–H and O–H groups in total. The fourth-order valence-electron chi connectivity index (χ4n) is 5.52. The number of hydrogen-bond donors (Lipinski definition) is 2. The second-order valence-electron chi connectivity index (χ2n) is 12.3. The summed E-state index contributed by atoms with van der Waals surface area (Å²) in [5.41, 5.74) is 3.02. The maximum Gasteiger partial charge on any atom is 1.00 e. The van der Waals surface area contributed by atoms with Gasteiger partial charge in [-0.1, -0.05) is 210 Å². The minimum atomic E-state index is -0.323. The fourth-order valence-corrected chi connectivity index (χ4v) is 5.52. The molecule has 11 heteroatoms. The first kappa shape index (κ1) is 82.0. The van der Waals surface area contributed by atoms with Crippen LogP contribution in [0.2, 0.25) is 0 Å². The summed E-state index contributed by atoms with van der Waals surface area (Å²) in [6.07, 6.45) is 4.32. The van der Waals surface area contributed by atoms with E-state index >= 15 is 0 Å². The van der Waals surface area contributed by atoms with Crippen molar-refractivity contribution in [1.29, 1.82) is 0 Å². The topological polar surface area (TPSA) is 155 Å². The van der Waals surface area contributed by atoms with Gasteiger partial charge >= 0.3 is 18.9 Å². The van der Waals surface area contributed by atoms with Gasteiger partial charge in [0.25, 0.3) is 23.6 Å². The van der Waals surface area contributed by atoms with Gasteiger partial charge in [0, 0.05) is 43.4 Å². The molecule has 0 bridgehead atoms. The van der Waals surface area contributed by atoms with Gasteiger partial charge in [0.05, 0.1) is 28.9 Å². The molecule has 0 aromatic heterocycles. The largest absolute Gasteiger partial charge is 1.00 e. The number of rotatable bonds is 7. The molecule has 5 aromatic rings. The van der Waals surface area contributed by atoms with Gasteiger partial charge in [0.2, 0.25) is 0 Å². The Morgan fingerprint density at radius 1 is 0.446 bits per heavy atom. The van der Waals surface area contributed by atoms with Gasteiger partial charge in [0.15, 0.2) is 11.6 Å². The van der Waals surface area contributed by atoms with Crippen LogP contribution < -0.4 is 24.2 Å². The number of ketones is 3. The molecule has 1 fully saturated rings. The molecule has 4 amide bonds. The molecule has 10 nitrogen and oxygen atoms in total. The van der Waals surface area contributed by atoms with Crippen molar-refractivity contribution in [1.82, 2.24) is 10.2 Å². The molecule has 3 aliphatic rings. The number of imide groups is 2. The van der Waals surface area contributed by atoms with Crippen molar-refractivity contribution < 1.29 is 57.5 Å². The summed E-state index contributed by atoms with van der Waals surface area (Å²) >= 11 is 0. The van der Waals surface area contributed by atoms with Gasteiger partial charge in [0.1, 0.15) is 5.78 Å². The van der Waals surface area contributed by atoms with E-state index in [0.717, 1.165) is 30.6 Å². The van der Waals surface area contributed by atoms with Crippen LogP contribution in [0.15, 0.2) is 140 Å². The second kappa shape index (κ2) is 61.2. The van der Waals surface area contributed by atoms with Crippen LogP contribution in [0.3, 0.4) is 0 Å². The molecule has 0 unspecified atom stereocenters. The summed E-state index contributed by atoms with van der Waals surface area (Å²) in [6, 6.07) is 43.8. The van der Waals surface area contributed by atoms with Gasteiger partial charge < -0.3 is 5.11 Å². The number of aliphatic hydroxyl groups excluding tert-OH is 1. The van der Waals surface area contributed by atoms with Gasteiger partial charge in [-0.3, -0.25) is 43.8 Å². The van der Waals surface area contributed by atoms with E-state index in [1.807, 2.05) is 179 Å². The van der Waals surface area contributed by atoms with Crippen LogP contribution >= 0.6 is 0 Å². The molecule has 74 heavy (non-hydrogen) atoms. The van der Waals surface area contributed by atoms with Crippen molar-refractivity contribution in [2.45, 2.75) is 163 Å². The molecular weight excluding hydrogens is 920 g/mol. The molecule has 406 valence electrons. The van der Waals surface area contributed by atoms with E-state index < -0.39 is 0 Å². The van der Waals surface area contributed by atoms with Crippen molar-refractivity contribution in [2.24, 2.45) is 0 Å². The summed E-state index contributed by atoms with van der Waals surface area (Å²) in [6.45, 7) is 36.0. The van der Waals surface area contributed by atoms with Crippen LogP contribution in [0.5, 0.6) is 0 Å². The Morgan fingerprint density at radius 2 is 0.743 bits per heavy atom. The van der Waals surface area contributed by atoms with E-state index in [1.165, 1.54) is 0 Å². The summed E-state index contributed by atoms with van der Waals surface area (Å²) < 4.78 is 0. The number of carbonyl (C=O) groups excluding carboxylic acids is 7. The van der Waals surface area contributed by atoms with E-state index in [2.05, 4.69) is 11.4 Å². The average Bonchev–Trinajstić information content (AvgIpc) is 4.17. The average molecular weight is 1020 g/mol. The van der Waals surface area contributed by atoms with Crippen molar-refractivity contribution in [3.8, 4) is 0 Å². The Labute approximate surface area is 461 Å². The summed E-state index contributed by atoms with van der Waals surface area (Å²) in [4.78, 5) is 80.7. The number of amides is 4. The molecule has 8 rings (SSSR count). The third kappa shape index (κ3) is 35.2. The third-order valence-corrected chi connectivity index (χ3v) is 8.38. The number of Topliss-reactive ketones (excluding diaryl/α,β-unsaturated/α-hetero) is 3. The Kier molecular flexibility index (Phi) is 67.9. The molecule has 5 aromatic carbocycles. The Balaban J connectivity index is -0.000000147. The molecule has 0 radical (unpaired) electrons.